The van der Waals surface area contributed by atoms with E-state index in [0.717, 1.165) is 47.5 Å². The highest BCUT2D eigenvalue weighted by atomic mass is 16.2. The molecule has 3 aromatic rings. The first-order valence-corrected chi connectivity index (χ1v) is 10.4. The third-order valence-electron chi connectivity index (χ3n) is 5.76. The Bertz CT molecular complexity index is 1020. The number of carbonyl (C=O) groups excluding carboxylic acids is 1. The van der Waals surface area contributed by atoms with Gasteiger partial charge in [-0.25, -0.2) is 9.97 Å². The zero-order valence-electron chi connectivity index (χ0n) is 17.4. The van der Waals surface area contributed by atoms with Crippen molar-refractivity contribution in [2.24, 2.45) is 5.92 Å². The predicted octanol–water partition coefficient (Wildman–Crippen LogP) is 4.34. The lowest BCUT2D eigenvalue weighted by molar-refractivity contribution is -0.125. The van der Waals surface area contributed by atoms with E-state index < -0.39 is 0 Å². The number of hydrogen-bond donors (Lipinski definition) is 1. The van der Waals surface area contributed by atoms with Gasteiger partial charge in [0.2, 0.25) is 11.9 Å². The molecule has 0 spiro atoms. The topological polar surface area (TPSA) is 58.1 Å². The fourth-order valence-electron chi connectivity index (χ4n) is 4.05. The molecule has 0 aliphatic carbocycles. The summed E-state index contributed by atoms with van der Waals surface area (Å²) in [7, 11) is 0. The van der Waals surface area contributed by atoms with Crippen LogP contribution < -0.4 is 10.2 Å². The first-order chi connectivity index (χ1) is 14.0. The summed E-state index contributed by atoms with van der Waals surface area (Å²) >= 11 is 0. The standard InChI is InChI=1S/C24H28N4O/c1-16-11-12-21-18(3)26-24(27-22(21)14-16)28-13-7-10-20(15-28)23(29)25-17(2)19-8-5-4-6-9-19/h4-6,8-9,11-12,14,17,20H,7,10,13,15H2,1-3H3,(H,25,29)/t17-,20?/m0/s1. The van der Waals surface area contributed by atoms with Crippen molar-refractivity contribution < 1.29 is 4.79 Å². The molecule has 1 aromatic heterocycles. The smallest absolute Gasteiger partial charge is 0.226 e. The van der Waals surface area contributed by atoms with Crippen LogP contribution in [-0.2, 0) is 4.79 Å². The van der Waals surface area contributed by atoms with Gasteiger partial charge in [-0.15, -0.1) is 0 Å². The number of rotatable bonds is 4. The maximum absolute atomic E-state index is 12.9. The van der Waals surface area contributed by atoms with Crippen LogP contribution in [0.25, 0.3) is 10.9 Å². The molecule has 2 aromatic carbocycles. The molecule has 1 saturated heterocycles. The maximum Gasteiger partial charge on any atom is 0.226 e. The van der Waals surface area contributed by atoms with E-state index in [9.17, 15) is 4.79 Å². The van der Waals surface area contributed by atoms with Crippen LogP contribution in [0.1, 0.15) is 42.6 Å². The Balaban J connectivity index is 1.49. The van der Waals surface area contributed by atoms with Gasteiger partial charge in [0, 0.05) is 18.5 Å². The predicted molar refractivity (Wildman–Crippen MR) is 117 cm³/mol. The summed E-state index contributed by atoms with van der Waals surface area (Å²) in [6.45, 7) is 7.68. The zero-order valence-corrected chi connectivity index (χ0v) is 17.4. The second-order valence-corrected chi connectivity index (χ2v) is 8.06. The average Bonchev–Trinajstić information content (AvgIpc) is 2.74. The fraction of sp³-hybridized carbons (Fsp3) is 0.375. The minimum absolute atomic E-state index is 0.00113. The van der Waals surface area contributed by atoms with Gasteiger partial charge in [0.05, 0.1) is 23.2 Å². The van der Waals surface area contributed by atoms with Crippen molar-refractivity contribution in [2.75, 3.05) is 18.0 Å². The molecule has 1 aliphatic heterocycles. The molecule has 5 nitrogen and oxygen atoms in total. The lowest BCUT2D eigenvalue weighted by Crippen LogP contribution is -2.44. The molecule has 1 aliphatic rings. The van der Waals surface area contributed by atoms with Gasteiger partial charge in [-0.05, 0) is 50.8 Å². The summed E-state index contributed by atoms with van der Waals surface area (Å²) in [4.78, 5) is 24.6. The second-order valence-electron chi connectivity index (χ2n) is 8.06. The SMILES string of the molecule is Cc1ccc2c(C)nc(N3CCCC(C(=O)N[C@@H](C)c4ccccc4)C3)nc2c1. The number of nitrogens with one attached hydrogen (secondary N) is 1. The number of aromatic nitrogens is 2. The van der Waals surface area contributed by atoms with Crippen LogP contribution in [0.5, 0.6) is 0 Å². The van der Waals surface area contributed by atoms with E-state index in [1.807, 2.05) is 44.2 Å². The summed E-state index contributed by atoms with van der Waals surface area (Å²) in [6.07, 6.45) is 1.86. The molecule has 29 heavy (non-hydrogen) atoms. The molecule has 5 heteroatoms. The van der Waals surface area contributed by atoms with Crippen molar-refractivity contribution in [1.29, 1.82) is 0 Å². The van der Waals surface area contributed by atoms with Gasteiger partial charge in [-0.2, -0.15) is 0 Å². The summed E-state index contributed by atoms with van der Waals surface area (Å²) < 4.78 is 0. The van der Waals surface area contributed by atoms with Crippen LogP contribution in [0.15, 0.2) is 48.5 Å². The van der Waals surface area contributed by atoms with E-state index in [1.54, 1.807) is 0 Å². The lowest BCUT2D eigenvalue weighted by Gasteiger charge is -2.33. The Hall–Kier alpha value is -2.95. The lowest BCUT2D eigenvalue weighted by atomic mass is 9.96. The number of nitrogens with zero attached hydrogens (tertiary/aromatic N) is 3. The van der Waals surface area contributed by atoms with E-state index >= 15 is 0 Å². The Kier molecular flexibility index (Phi) is 5.47. The summed E-state index contributed by atoms with van der Waals surface area (Å²) in [5.41, 5.74) is 4.26. The summed E-state index contributed by atoms with van der Waals surface area (Å²) in [5.74, 6) is 0.792. The molecule has 1 N–H and O–H groups in total. The highest BCUT2D eigenvalue weighted by molar-refractivity contribution is 5.83. The maximum atomic E-state index is 12.9. The highest BCUT2D eigenvalue weighted by Gasteiger charge is 2.28. The Morgan fingerprint density at radius 2 is 1.93 bits per heavy atom. The third kappa shape index (κ3) is 4.24. The molecule has 0 radical (unpaired) electrons. The zero-order chi connectivity index (χ0) is 20.4. The van der Waals surface area contributed by atoms with Gasteiger partial charge >= 0.3 is 0 Å². The third-order valence-corrected chi connectivity index (χ3v) is 5.76. The molecule has 150 valence electrons. The number of aryl methyl sites for hydroxylation is 2. The van der Waals surface area contributed by atoms with Crippen LogP contribution in [0, 0.1) is 19.8 Å². The first-order valence-electron chi connectivity index (χ1n) is 10.4. The monoisotopic (exact) mass is 388 g/mol. The van der Waals surface area contributed by atoms with Gasteiger partial charge in [-0.1, -0.05) is 42.5 Å². The normalized spacial score (nSPS) is 17.9. The molecule has 2 heterocycles. The van der Waals surface area contributed by atoms with Crippen LogP contribution >= 0.6 is 0 Å². The largest absolute Gasteiger partial charge is 0.349 e. The van der Waals surface area contributed by atoms with Crippen molar-refractivity contribution in [2.45, 2.75) is 39.7 Å². The van der Waals surface area contributed by atoms with Crippen LogP contribution in [0.2, 0.25) is 0 Å². The minimum Gasteiger partial charge on any atom is -0.349 e. The molecule has 1 amide bonds. The number of carbonyl (C=O) groups is 1. The Labute approximate surface area is 172 Å². The van der Waals surface area contributed by atoms with E-state index in [0.29, 0.717) is 6.54 Å². The van der Waals surface area contributed by atoms with E-state index in [4.69, 9.17) is 9.97 Å². The molecular formula is C24H28N4O. The van der Waals surface area contributed by atoms with Crippen molar-refractivity contribution >= 4 is 22.8 Å². The average molecular weight is 389 g/mol. The van der Waals surface area contributed by atoms with Gasteiger partial charge in [0.1, 0.15) is 0 Å². The van der Waals surface area contributed by atoms with Gasteiger partial charge in [0.25, 0.3) is 0 Å². The van der Waals surface area contributed by atoms with Crippen molar-refractivity contribution in [1.82, 2.24) is 15.3 Å². The van der Waals surface area contributed by atoms with Gasteiger partial charge < -0.3 is 10.2 Å². The molecule has 1 unspecified atom stereocenters. The van der Waals surface area contributed by atoms with E-state index in [1.165, 1.54) is 5.56 Å². The molecule has 2 atom stereocenters. The summed E-state index contributed by atoms with van der Waals surface area (Å²) in [5, 5.41) is 4.27. The van der Waals surface area contributed by atoms with E-state index in [2.05, 4.69) is 35.3 Å². The number of benzene rings is 2. The first kappa shape index (κ1) is 19.4. The van der Waals surface area contributed by atoms with Crippen LogP contribution in [-0.4, -0.2) is 29.0 Å². The van der Waals surface area contributed by atoms with Crippen LogP contribution in [0.4, 0.5) is 5.95 Å². The van der Waals surface area contributed by atoms with Crippen molar-refractivity contribution in [3.8, 4) is 0 Å². The fourth-order valence-corrected chi connectivity index (χ4v) is 4.05. The van der Waals surface area contributed by atoms with Gasteiger partial charge in [-0.3, -0.25) is 4.79 Å². The number of anilines is 1. The van der Waals surface area contributed by atoms with E-state index in [-0.39, 0.29) is 17.9 Å². The number of amides is 1. The van der Waals surface area contributed by atoms with Gasteiger partial charge in [0.15, 0.2) is 0 Å². The molecule has 0 bridgehead atoms. The quantitative estimate of drug-likeness (QED) is 0.722. The molecule has 4 rings (SSSR count). The number of fused-ring (bicyclic) bond motifs is 1. The Morgan fingerprint density at radius 1 is 1.14 bits per heavy atom. The number of hydrogen-bond acceptors (Lipinski definition) is 4. The second kappa shape index (κ2) is 8.19. The molecular weight excluding hydrogens is 360 g/mol. The number of piperidine rings is 1. The highest BCUT2D eigenvalue weighted by Crippen LogP contribution is 2.25. The van der Waals surface area contributed by atoms with Crippen molar-refractivity contribution in [3.05, 3.63) is 65.4 Å². The molecule has 1 fully saturated rings. The summed E-state index contributed by atoms with van der Waals surface area (Å²) in [6, 6.07) is 16.4. The molecule has 0 saturated carbocycles. The van der Waals surface area contributed by atoms with Crippen molar-refractivity contribution in [3.63, 3.8) is 0 Å². The Morgan fingerprint density at radius 3 is 2.72 bits per heavy atom. The minimum atomic E-state index is -0.0491. The van der Waals surface area contributed by atoms with Crippen LogP contribution in [0.3, 0.4) is 0 Å².